The van der Waals surface area contributed by atoms with Crippen molar-refractivity contribution in [2.24, 2.45) is 0 Å². The first kappa shape index (κ1) is 15.9. The van der Waals surface area contributed by atoms with Crippen LogP contribution in [-0.4, -0.2) is 24.3 Å². The summed E-state index contributed by atoms with van der Waals surface area (Å²) >= 11 is 0. The van der Waals surface area contributed by atoms with E-state index < -0.39 is 5.97 Å². The molecule has 1 heterocycles. The van der Waals surface area contributed by atoms with Crippen molar-refractivity contribution in [1.82, 2.24) is 0 Å². The quantitative estimate of drug-likeness (QED) is 0.751. The molecular weight excluding hydrogens is 180 g/mol. The Labute approximate surface area is 87.5 Å². The van der Waals surface area contributed by atoms with E-state index in [0.717, 1.165) is 19.6 Å². The van der Waals surface area contributed by atoms with Crippen LogP contribution in [0.25, 0.3) is 0 Å². The Hall–Kier alpha value is -0.570. The Morgan fingerprint density at radius 1 is 1.21 bits per heavy atom. The van der Waals surface area contributed by atoms with Crippen LogP contribution in [0.2, 0.25) is 0 Å². The van der Waals surface area contributed by atoms with Crippen molar-refractivity contribution in [2.75, 3.05) is 13.2 Å². The molecule has 1 fully saturated rings. The predicted molar refractivity (Wildman–Crippen MR) is 58.6 cm³/mol. The molecule has 1 rings (SSSR count). The second kappa shape index (κ2) is 14.9. The first-order valence-electron chi connectivity index (χ1n) is 5.57. The predicted octanol–water partition coefficient (Wildman–Crippen LogP) is 3.08. The van der Waals surface area contributed by atoms with Crippen molar-refractivity contribution in [3.63, 3.8) is 0 Å². The summed E-state index contributed by atoms with van der Waals surface area (Å²) < 4.78 is 5.07. The van der Waals surface area contributed by atoms with Crippen LogP contribution >= 0.6 is 0 Å². The third-order valence-electron chi connectivity index (χ3n) is 1.54. The van der Waals surface area contributed by atoms with Gasteiger partial charge in [-0.3, -0.25) is 4.79 Å². The zero-order chi connectivity index (χ0) is 11.2. The molecule has 1 saturated heterocycles. The Bertz CT molecular complexity index is 97.6. The Balaban J connectivity index is 0. The molecule has 0 bridgehead atoms. The third-order valence-corrected chi connectivity index (χ3v) is 1.54. The van der Waals surface area contributed by atoms with Crippen LogP contribution in [0.15, 0.2) is 0 Å². The smallest absolute Gasteiger partial charge is 0.303 e. The summed E-state index contributed by atoms with van der Waals surface area (Å²) in [5.41, 5.74) is 0. The number of hydrogen-bond donors (Lipinski definition) is 1. The second-order valence-corrected chi connectivity index (χ2v) is 2.82. The van der Waals surface area contributed by atoms with E-state index in [9.17, 15) is 4.79 Å². The van der Waals surface area contributed by atoms with Gasteiger partial charge in [0.15, 0.2) is 0 Å². The SMILES string of the molecule is C1CCOCC1.CC.CCCC(=O)O. The van der Waals surface area contributed by atoms with Gasteiger partial charge in [0.2, 0.25) is 0 Å². The second-order valence-electron chi connectivity index (χ2n) is 2.82. The lowest BCUT2D eigenvalue weighted by Gasteiger charge is -2.08. The van der Waals surface area contributed by atoms with Gasteiger partial charge in [-0.2, -0.15) is 0 Å². The van der Waals surface area contributed by atoms with Crippen molar-refractivity contribution in [3.8, 4) is 0 Å². The van der Waals surface area contributed by atoms with Gasteiger partial charge < -0.3 is 9.84 Å². The highest BCUT2D eigenvalue weighted by Gasteiger charge is 1.95. The van der Waals surface area contributed by atoms with Crippen LogP contribution in [0.4, 0.5) is 0 Å². The summed E-state index contributed by atoms with van der Waals surface area (Å²) in [6, 6.07) is 0. The van der Waals surface area contributed by atoms with E-state index in [-0.39, 0.29) is 0 Å². The lowest BCUT2D eigenvalue weighted by molar-refractivity contribution is -0.137. The minimum atomic E-state index is -0.711. The summed E-state index contributed by atoms with van der Waals surface area (Å²) in [7, 11) is 0. The fraction of sp³-hybridized carbons (Fsp3) is 0.909. The van der Waals surface area contributed by atoms with Gasteiger partial charge in [0.25, 0.3) is 0 Å². The van der Waals surface area contributed by atoms with Crippen molar-refractivity contribution in [1.29, 1.82) is 0 Å². The van der Waals surface area contributed by atoms with Gasteiger partial charge >= 0.3 is 5.97 Å². The van der Waals surface area contributed by atoms with Gasteiger partial charge in [0.1, 0.15) is 0 Å². The average Bonchev–Trinajstić information content (AvgIpc) is 2.24. The molecule has 1 aliphatic rings. The van der Waals surface area contributed by atoms with Crippen LogP contribution in [0.1, 0.15) is 52.9 Å². The van der Waals surface area contributed by atoms with Crippen LogP contribution in [0, 0.1) is 0 Å². The molecule has 1 aliphatic heterocycles. The molecule has 0 amide bonds. The number of rotatable bonds is 2. The molecule has 0 saturated carbocycles. The Morgan fingerprint density at radius 2 is 1.71 bits per heavy atom. The highest BCUT2D eigenvalue weighted by molar-refractivity contribution is 5.66. The van der Waals surface area contributed by atoms with Gasteiger partial charge in [-0.15, -0.1) is 0 Å². The molecule has 3 nitrogen and oxygen atoms in total. The topological polar surface area (TPSA) is 46.5 Å². The Morgan fingerprint density at radius 3 is 1.79 bits per heavy atom. The van der Waals surface area contributed by atoms with E-state index >= 15 is 0 Å². The number of aliphatic carboxylic acids is 1. The van der Waals surface area contributed by atoms with Gasteiger partial charge in [0, 0.05) is 19.6 Å². The lowest BCUT2D eigenvalue weighted by Crippen LogP contribution is -2.03. The first-order chi connectivity index (χ1) is 6.77. The normalized spacial score (nSPS) is 14.2. The number of carboxylic acid groups (broad SMARTS) is 1. The minimum Gasteiger partial charge on any atom is -0.481 e. The standard InChI is InChI=1S/C5H10O.C4H8O2.C2H6/c1-2-4-6-5-3-1;1-2-3-4(5)6;1-2/h1-5H2;2-3H2,1H3,(H,5,6);1-2H3. The average molecular weight is 204 g/mol. The molecular formula is C11H24O3. The number of ether oxygens (including phenoxy) is 1. The number of carbonyl (C=O) groups is 1. The Kier molecular flexibility index (Phi) is 16.9. The highest BCUT2D eigenvalue weighted by atomic mass is 16.5. The maximum atomic E-state index is 9.60. The van der Waals surface area contributed by atoms with Crippen molar-refractivity contribution in [2.45, 2.75) is 52.9 Å². The van der Waals surface area contributed by atoms with E-state index in [2.05, 4.69) is 0 Å². The molecule has 86 valence electrons. The molecule has 0 spiro atoms. The fourth-order valence-corrected chi connectivity index (χ4v) is 0.901. The summed E-state index contributed by atoms with van der Waals surface area (Å²) in [4.78, 5) is 9.60. The molecule has 0 aromatic rings. The maximum Gasteiger partial charge on any atom is 0.303 e. The largest absolute Gasteiger partial charge is 0.481 e. The number of hydrogen-bond acceptors (Lipinski definition) is 2. The molecule has 0 aromatic carbocycles. The van der Waals surface area contributed by atoms with Crippen LogP contribution in [0.3, 0.4) is 0 Å². The summed E-state index contributed by atoms with van der Waals surface area (Å²) in [6.07, 6.45) is 4.95. The summed E-state index contributed by atoms with van der Waals surface area (Å²) in [6.45, 7) is 7.84. The van der Waals surface area contributed by atoms with Crippen LogP contribution < -0.4 is 0 Å². The lowest BCUT2D eigenvalue weighted by atomic mass is 10.2. The van der Waals surface area contributed by atoms with Crippen LogP contribution in [-0.2, 0) is 9.53 Å². The van der Waals surface area contributed by atoms with E-state index in [0.29, 0.717) is 6.42 Å². The molecule has 0 atom stereocenters. The molecule has 0 aromatic heterocycles. The summed E-state index contributed by atoms with van der Waals surface area (Å²) in [5.74, 6) is -0.711. The van der Waals surface area contributed by atoms with E-state index in [1.54, 1.807) is 0 Å². The molecule has 0 aliphatic carbocycles. The van der Waals surface area contributed by atoms with Gasteiger partial charge in [-0.05, 0) is 25.7 Å². The van der Waals surface area contributed by atoms with Gasteiger partial charge in [-0.25, -0.2) is 0 Å². The monoisotopic (exact) mass is 204 g/mol. The van der Waals surface area contributed by atoms with Crippen molar-refractivity contribution in [3.05, 3.63) is 0 Å². The molecule has 14 heavy (non-hydrogen) atoms. The maximum absolute atomic E-state index is 9.60. The number of carboxylic acids is 1. The van der Waals surface area contributed by atoms with E-state index in [1.807, 2.05) is 20.8 Å². The van der Waals surface area contributed by atoms with Gasteiger partial charge in [0.05, 0.1) is 0 Å². The van der Waals surface area contributed by atoms with Crippen molar-refractivity contribution >= 4 is 5.97 Å². The summed E-state index contributed by atoms with van der Waals surface area (Å²) in [5, 5.41) is 7.91. The molecule has 1 N–H and O–H groups in total. The minimum absolute atomic E-state index is 0.292. The first-order valence-corrected chi connectivity index (χ1v) is 5.57. The van der Waals surface area contributed by atoms with Crippen LogP contribution in [0.5, 0.6) is 0 Å². The highest BCUT2D eigenvalue weighted by Crippen LogP contribution is 2.02. The molecule has 0 unspecified atom stereocenters. The van der Waals surface area contributed by atoms with Crippen molar-refractivity contribution < 1.29 is 14.6 Å². The van der Waals surface area contributed by atoms with Gasteiger partial charge in [-0.1, -0.05) is 20.8 Å². The third kappa shape index (κ3) is 17.5. The van der Waals surface area contributed by atoms with E-state index in [1.165, 1.54) is 19.3 Å². The van der Waals surface area contributed by atoms with E-state index in [4.69, 9.17) is 9.84 Å². The fourth-order valence-electron chi connectivity index (χ4n) is 0.901. The zero-order valence-corrected chi connectivity index (χ0v) is 9.71. The molecule has 0 radical (unpaired) electrons. The zero-order valence-electron chi connectivity index (χ0n) is 9.71. The molecule has 3 heteroatoms.